The Morgan fingerprint density at radius 1 is 1.50 bits per heavy atom. The molecule has 1 unspecified atom stereocenters. The predicted octanol–water partition coefficient (Wildman–Crippen LogP) is 2.71. The van der Waals surface area contributed by atoms with Gasteiger partial charge in [-0.1, -0.05) is 19.4 Å². The van der Waals surface area contributed by atoms with Crippen molar-refractivity contribution in [3.05, 3.63) is 11.6 Å². The van der Waals surface area contributed by atoms with Crippen LogP contribution >= 0.6 is 0 Å². The topological polar surface area (TPSA) is 17.1 Å². The Bertz CT molecular complexity index is 248. The predicted molar refractivity (Wildman–Crippen MR) is 48.8 cm³/mol. The Morgan fingerprint density at radius 2 is 2.25 bits per heavy atom. The van der Waals surface area contributed by atoms with E-state index in [2.05, 4.69) is 13.8 Å². The molecule has 12 heavy (non-hydrogen) atoms. The zero-order chi connectivity index (χ0) is 8.77. The lowest BCUT2D eigenvalue weighted by atomic mass is 9.69. The van der Waals surface area contributed by atoms with Gasteiger partial charge < -0.3 is 0 Å². The van der Waals surface area contributed by atoms with Gasteiger partial charge in [0.05, 0.1) is 0 Å². The number of hydrogen-bond acceptors (Lipinski definition) is 1. The van der Waals surface area contributed by atoms with Gasteiger partial charge in [-0.3, -0.25) is 4.79 Å². The first-order valence-electron chi connectivity index (χ1n) is 4.83. The van der Waals surface area contributed by atoms with Crippen molar-refractivity contribution in [2.75, 3.05) is 0 Å². The highest BCUT2D eigenvalue weighted by molar-refractivity contribution is 5.92. The number of fused-ring (bicyclic) bond motifs is 1. The normalized spacial score (nSPS) is 33.0. The molecule has 0 aromatic heterocycles. The third kappa shape index (κ3) is 1.12. The molecule has 66 valence electrons. The fourth-order valence-corrected chi connectivity index (χ4v) is 2.77. The van der Waals surface area contributed by atoms with E-state index >= 15 is 0 Å². The molecule has 0 radical (unpaired) electrons. The number of ketones is 1. The van der Waals surface area contributed by atoms with Gasteiger partial charge >= 0.3 is 0 Å². The van der Waals surface area contributed by atoms with Crippen molar-refractivity contribution in [2.24, 2.45) is 11.3 Å². The molecular formula is C11H16O. The molecule has 0 heterocycles. The van der Waals surface area contributed by atoms with Crippen molar-refractivity contribution in [3.8, 4) is 0 Å². The summed E-state index contributed by atoms with van der Waals surface area (Å²) in [7, 11) is 0. The molecule has 0 saturated heterocycles. The van der Waals surface area contributed by atoms with Crippen molar-refractivity contribution < 1.29 is 4.79 Å². The SMILES string of the molecule is CC1(C)CC(=O)C=C2CCCC21. The van der Waals surface area contributed by atoms with Gasteiger partial charge in [-0.25, -0.2) is 0 Å². The Balaban J connectivity index is 2.35. The van der Waals surface area contributed by atoms with Crippen LogP contribution in [0, 0.1) is 11.3 Å². The molecule has 0 amide bonds. The van der Waals surface area contributed by atoms with E-state index in [1.807, 2.05) is 6.08 Å². The standard InChI is InChI=1S/C11H16O/c1-11(2)7-9(12)6-8-4-3-5-10(8)11/h6,10H,3-5,7H2,1-2H3. The van der Waals surface area contributed by atoms with E-state index in [9.17, 15) is 4.79 Å². The van der Waals surface area contributed by atoms with Crippen LogP contribution in [0.5, 0.6) is 0 Å². The van der Waals surface area contributed by atoms with Crippen molar-refractivity contribution >= 4 is 5.78 Å². The van der Waals surface area contributed by atoms with Crippen LogP contribution in [0.4, 0.5) is 0 Å². The first kappa shape index (κ1) is 8.03. The van der Waals surface area contributed by atoms with Gasteiger partial charge in [-0.05, 0) is 36.7 Å². The lowest BCUT2D eigenvalue weighted by molar-refractivity contribution is -0.117. The Labute approximate surface area is 73.8 Å². The first-order valence-corrected chi connectivity index (χ1v) is 4.83. The Hall–Kier alpha value is -0.590. The summed E-state index contributed by atoms with van der Waals surface area (Å²) in [6.07, 6.45) is 6.41. The van der Waals surface area contributed by atoms with E-state index in [1.54, 1.807) is 0 Å². The summed E-state index contributed by atoms with van der Waals surface area (Å²) in [5.74, 6) is 1.04. The molecule has 2 rings (SSSR count). The minimum atomic E-state index is 0.234. The summed E-state index contributed by atoms with van der Waals surface area (Å²) in [5.41, 5.74) is 1.66. The van der Waals surface area contributed by atoms with Crippen LogP contribution in [-0.2, 0) is 4.79 Å². The second-order valence-electron chi connectivity index (χ2n) is 4.80. The number of allylic oxidation sites excluding steroid dienone is 2. The summed E-state index contributed by atoms with van der Waals surface area (Å²) in [4.78, 5) is 11.3. The van der Waals surface area contributed by atoms with Gasteiger partial charge in [0.15, 0.2) is 5.78 Å². The molecular weight excluding hydrogens is 148 g/mol. The minimum absolute atomic E-state index is 0.234. The molecule has 0 N–H and O–H groups in total. The number of rotatable bonds is 0. The fraction of sp³-hybridized carbons (Fsp3) is 0.727. The van der Waals surface area contributed by atoms with E-state index in [-0.39, 0.29) is 5.41 Å². The van der Waals surface area contributed by atoms with Gasteiger partial charge in [0.2, 0.25) is 0 Å². The van der Waals surface area contributed by atoms with Gasteiger partial charge in [0.1, 0.15) is 0 Å². The lowest BCUT2D eigenvalue weighted by Crippen LogP contribution is -2.29. The van der Waals surface area contributed by atoms with Crippen LogP contribution in [-0.4, -0.2) is 5.78 Å². The van der Waals surface area contributed by atoms with Crippen LogP contribution in [0.2, 0.25) is 0 Å². The smallest absolute Gasteiger partial charge is 0.156 e. The monoisotopic (exact) mass is 164 g/mol. The maximum atomic E-state index is 11.3. The molecule has 1 heteroatoms. The zero-order valence-electron chi connectivity index (χ0n) is 7.89. The summed E-state index contributed by atoms with van der Waals surface area (Å²) < 4.78 is 0. The second-order valence-corrected chi connectivity index (χ2v) is 4.80. The lowest BCUT2D eigenvalue weighted by Gasteiger charge is -2.35. The molecule has 2 aliphatic rings. The molecule has 0 aromatic carbocycles. The molecule has 2 aliphatic carbocycles. The molecule has 1 saturated carbocycles. The number of hydrogen-bond donors (Lipinski definition) is 0. The second kappa shape index (κ2) is 2.45. The van der Waals surface area contributed by atoms with E-state index in [1.165, 1.54) is 24.8 Å². The van der Waals surface area contributed by atoms with Crippen molar-refractivity contribution in [1.82, 2.24) is 0 Å². The van der Waals surface area contributed by atoms with Gasteiger partial charge in [-0.2, -0.15) is 0 Å². The molecule has 0 aromatic rings. The highest BCUT2D eigenvalue weighted by atomic mass is 16.1. The average molecular weight is 164 g/mol. The van der Waals surface area contributed by atoms with Crippen LogP contribution in [0.3, 0.4) is 0 Å². The number of carbonyl (C=O) groups excluding carboxylic acids is 1. The molecule has 1 fully saturated rings. The molecule has 0 spiro atoms. The quantitative estimate of drug-likeness (QED) is 0.538. The average Bonchev–Trinajstić information content (AvgIpc) is 2.32. The summed E-state index contributed by atoms with van der Waals surface area (Å²) >= 11 is 0. The molecule has 1 nitrogen and oxygen atoms in total. The van der Waals surface area contributed by atoms with Crippen molar-refractivity contribution in [3.63, 3.8) is 0 Å². The molecule has 0 aliphatic heterocycles. The Morgan fingerprint density at radius 3 is 3.00 bits per heavy atom. The number of carbonyl (C=O) groups is 1. The summed E-state index contributed by atoms with van der Waals surface area (Å²) in [6, 6.07) is 0. The Kier molecular flexibility index (Phi) is 1.64. The molecule has 0 bridgehead atoms. The van der Waals surface area contributed by atoms with E-state index in [4.69, 9.17) is 0 Å². The van der Waals surface area contributed by atoms with Crippen LogP contribution in [0.25, 0.3) is 0 Å². The van der Waals surface area contributed by atoms with E-state index in [0.717, 1.165) is 6.42 Å². The highest BCUT2D eigenvalue weighted by Crippen LogP contribution is 2.47. The molecule has 1 atom stereocenters. The van der Waals surface area contributed by atoms with E-state index < -0.39 is 0 Å². The largest absolute Gasteiger partial charge is 0.295 e. The summed E-state index contributed by atoms with van der Waals surface area (Å²) in [5, 5.41) is 0. The third-order valence-electron chi connectivity index (χ3n) is 3.33. The minimum Gasteiger partial charge on any atom is -0.295 e. The third-order valence-corrected chi connectivity index (χ3v) is 3.33. The van der Waals surface area contributed by atoms with E-state index in [0.29, 0.717) is 11.7 Å². The van der Waals surface area contributed by atoms with Gasteiger partial charge in [0, 0.05) is 6.42 Å². The summed E-state index contributed by atoms with van der Waals surface area (Å²) in [6.45, 7) is 4.46. The van der Waals surface area contributed by atoms with Crippen molar-refractivity contribution in [2.45, 2.75) is 39.5 Å². The maximum Gasteiger partial charge on any atom is 0.156 e. The fourth-order valence-electron chi connectivity index (χ4n) is 2.77. The van der Waals surface area contributed by atoms with Gasteiger partial charge in [-0.15, -0.1) is 0 Å². The van der Waals surface area contributed by atoms with Gasteiger partial charge in [0.25, 0.3) is 0 Å². The zero-order valence-corrected chi connectivity index (χ0v) is 7.89. The highest BCUT2D eigenvalue weighted by Gasteiger charge is 2.39. The van der Waals surface area contributed by atoms with Crippen LogP contribution in [0.1, 0.15) is 39.5 Å². The maximum absolute atomic E-state index is 11.3. The van der Waals surface area contributed by atoms with Crippen LogP contribution < -0.4 is 0 Å². The van der Waals surface area contributed by atoms with Crippen molar-refractivity contribution in [1.29, 1.82) is 0 Å². The first-order chi connectivity index (χ1) is 5.59. The van der Waals surface area contributed by atoms with Crippen LogP contribution in [0.15, 0.2) is 11.6 Å².